The van der Waals surface area contributed by atoms with Crippen LogP contribution in [-0.4, -0.2) is 37.1 Å². The summed E-state index contributed by atoms with van der Waals surface area (Å²) in [5.41, 5.74) is 5.27. The summed E-state index contributed by atoms with van der Waals surface area (Å²) in [6.07, 6.45) is 2.32. The third kappa shape index (κ3) is 7.35. The van der Waals surface area contributed by atoms with Crippen molar-refractivity contribution in [3.05, 3.63) is 0 Å². The van der Waals surface area contributed by atoms with Crippen LogP contribution in [0.3, 0.4) is 0 Å². The van der Waals surface area contributed by atoms with E-state index in [-0.39, 0.29) is 11.7 Å². The molecule has 0 aromatic heterocycles. The van der Waals surface area contributed by atoms with E-state index in [1.54, 1.807) is 7.05 Å². The first-order chi connectivity index (χ1) is 6.70. The molecule has 14 heavy (non-hydrogen) atoms. The van der Waals surface area contributed by atoms with Crippen LogP contribution in [0.5, 0.6) is 0 Å². The number of amides is 1. The maximum atomic E-state index is 10.8. The van der Waals surface area contributed by atoms with Crippen molar-refractivity contribution in [2.24, 2.45) is 10.9 Å². The molecule has 0 rings (SSSR count). The van der Waals surface area contributed by atoms with Gasteiger partial charge in [0.25, 0.3) is 0 Å². The van der Waals surface area contributed by atoms with E-state index in [1.807, 2.05) is 0 Å². The van der Waals surface area contributed by atoms with E-state index in [2.05, 4.69) is 15.8 Å². The lowest BCUT2D eigenvalue weighted by Crippen LogP contribution is -2.31. The molecule has 0 unspecified atom stereocenters. The summed E-state index contributed by atoms with van der Waals surface area (Å²) in [5.74, 6) is 0.220. The number of nitrogens with zero attached hydrogens (tertiary/aromatic N) is 1. The van der Waals surface area contributed by atoms with Crippen LogP contribution in [0.25, 0.3) is 0 Å². The summed E-state index contributed by atoms with van der Waals surface area (Å²) in [6.45, 7) is 1.09. The third-order valence-corrected chi connectivity index (χ3v) is 1.73. The van der Waals surface area contributed by atoms with Crippen LogP contribution in [0.15, 0.2) is 5.16 Å². The van der Waals surface area contributed by atoms with Crippen LogP contribution >= 0.6 is 0 Å². The average molecular weight is 202 g/mol. The molecule has 0 aliphatic carbocycles. The number of rotatable bonds is 7. The van der Waals surface area contributed by atoms with Crippen LogP contribution < -0.4 is 16.4 Å². The summed E-state index contributed by atoms with van der Waals surface area (Å²) >= 11 is 0. The fraction of sp³-hybridized carbons (Fsp3) is 0.750. The van der Waals surface area contributed by atoms with Crippen molar-refractivity contribution >= 4 is 11.7 Å². The molecule has 0 saturated carbocycles. The number of oxime groups is 1. The molecular weight excluding hydrogens is 184 g/mol. The molecule has 5 N–H and O–H groups in total. The molecular formula is C8H18N4O2. The average Bonchev–Trinajstić information content (AvgIpc) is 2.22. The number of carbonyl (C=O) groups is 1. The zero-order valence-electron chi connectivity index (χ0n) is 8.42. The van der Waals surface area contributed by atoms with Gasteiger partial charge in [-0.3, -0.25) is 4.79 Å². The highest BCUT2D eigenvalue weighted by Gasteiger charge is 1.96. The number of amidine groups is 1. The van der Waals surface area contributed by atoms with Crippen molar-refractivity contribution in [3.8, 4) is 0 Å². The molecule has 0 fully saturated rings. The van der Waals surface area contributed by atoms with Gasteiger partial charge in [-0.2, -0.15) is 0 Å². The Bertz CT molecular complexity index is 194. The molecule has 0 atom stereocenters. The fourth-order valence-corrected chi connectivity index (χ4v) is 0.896. The molecule has 0 aliphatic rings. The van der Waals surface area contributed by atoms with E-state index in [9.17, 15) is 4.79 Å². The monoisotopic (exact) mass is 202 g/mol. The Hall–Kier alpha value is -1.30. The van der Waals surface area contributed by atoms with Crippen LogP contribution in [-0.2, 0) is 4.79 Å². The van der Waals surface area contributed by atoms with Gasteiger partial charge >= 0.3 is 0 Å². The number of carbonyl (C=O) groups excluding carboxylic acids is 1. The van der Waals surface area contributed by atoms with Crippen molar-refractivity contribution < 1.29 is 10.0 Å². The fourth-order valence-electron chi connectivity index (χ4n) is 0.896. The Balaban J connectivity index is 3.18. The highest BCUT2D eigenvalue weighted by molar-refractivity contribution is 5.79. The van der Waals surface area contributed by atoms with E-state index < -0.39 is 0 Å². The minimum atomic E-state index is -0.0264. The molecule has 0 aromatic rings. The van der Waals surface area contributed by atoms with E-state index in [0.29, 0.717) is 13.0 Å². The van der Waals surface area contributed by atoms with E-state index >= 15 is 0 Å². The van der Waals surface area contributed by atoms with Gasteiger partial charge in [-0.15, -0.1) is 0 Å². The van der Waals surface area contributed by atoms with Crippen molar-refractivity contribution in [3.63, 3.8) is 0 Å². The molecule has 6 heteroatoms. The maximum absolute atomic E-state index is 10.8. The number of hydrogen-bond donors (Lipinski definition) is 4. The lowest BCUT2D eigenvalue weighted by Gasteiger charge is -2.03. The number of nitrogens with two attached hydrogens (primary N) is 1. The zero-order chi connectivity index (χ0) is 10.8. The largest absolute Gasteiger partial charge is 0.409 e. The van der Waals surface area contributed by atoms with Crippen LogP contribution in [0.4, 0.5) is 0 Å². The Morgan fingerprint density at radius 3 is 2.79 bits per heavy atom. The number of unbranched alkanes of at least 4 members (excludes halogenated alkanes) is 1. The lowest BCUT2D eigenvalue weighted by atomic mass is 10.2. The Kier molecular flexibility index (Phi) is 7.53. The van der Waals surface area contributed by atoms with Crippen molar-refractivity contribution in [1.82, 2.24) is 10.6 Å². The SMILES string of the molecule is CNC(=O)CNCCCCC(N)=NO. The first-order valence-electron chi connectivity index (χ1n) is 4.58. The summed E-state index contributed by atoms with van der Waals surface area (Å²) in [4.78, 5) is 10.8. The molecule has 0 saturated heterocycles. The summed E-state index contributed by atoms with van der Waals surface area (Å²) in [6, 6.07) is 0. The maximum Gasteiger partial charge on any atom is 0.233 e. The first-order valence-corrected chi connectivity index (χ1v) is 4.58. The van der Waals surface area contributed by atoms with Gasteiger partial charge in [-0.1, -0.05) is 5.16 Å². The van der Waals surface area contributed by atoms with Gasteiger partial charge in [0.15, 0.2) is 0 Å². The van der Waals surface area contributed by atoms with E-state index in [4.69, 9.17) is 10.9 Å². The molecule has 0 radical (unpaired) electrons. The Morgan fingerprint density at radius 1 is 1.50 bits per heavy atom. The summed E-state index contributed by atoms with van der Waals surface area (Å²) < 4.78 is 0. The second-order valence-electron chi connectivity index (χ2n) is 2.90. The Morgan fingerprint density at radius 2 is 2.21 bits per heavy atom. The standard InChI is InChI=1S/C8H18N4O2/c1-10-8(13)6-11-5-3-2-4-7(9)12-14/h11,14H,2-6H2,1H3,(H2,9,12)(H,10,13). The third-order valence-electron chi connectivity index (χ3n) is 1.73. The van der Waals surface area contributed by atoms with Crippen LogP contribution in [0.1, 0.15) is 19.3 Å². The number of likely N-dealkylation sites (N-methyl/N-ethyl adjacent to an activating group) is 1. The predicted molar refractivity (Wildman–Crippen MR) is 54.2 cm³/mol. The lowest BCUT2D eigenvalue weighted by molar-refractivity contribution is -0.119. The molecule has 6 nitrogen and oxygen atoms in total. The normalized spacial score (nSPS) is 11.4. The Labute approximate surface area is 83.5 Å². The zero-order valence-corrected chi connectivity index (χ0v) is 8.42. The smallest absolute Gasteiger partial charge is 0.233 e. The molecule has 0 spiro atoms. The summed E-state index contributed by atoms with van der Waals surface area (Å²) in [5, 5.41) is 16.6. The highest BCUT2D eigenvalue weighted by atomic mass is 16.4. The van der Waals surface area contributed by atoms with Crippen molar-refractivity contribution in [2.75, 3.05) is 20.1 Å². The first kappa shape index (κ1) is 12.7. The topological polar surface area (TPSA) is 99.7 Å². The second-order valence-corrected chi connectivity index (χ2v) is 2.90. The molecule has 0 aromatic carbocycles. The van der Waals surface area contributed by atoms with E-state index in [0.717, 1.165) is 19.4 Å². The van der Waals surface area contributed by atoms with Gasteiger partial charge in [0.2, 0.25) is 5.91 Å². The van der Waals surface area contributed by atoms with Gasteiger partial charge < -0.3 is 21.6 Å². The van der Waals surface area contributed by atoms with Gasteiger partial charge in [0.1, 0.15) is 5.84 Å². The minimum absolute atomic E-state index is 0.0264. The van der Waals surface area contributed by atoms with Gasteiger partial charge in [0.05, 0.1) is 6.54 Å². The van der Waals surface area contributed by atoms with Crippen molar-refractivity contribution in [2.45, 2.75) is 19.3 Å². The number of nitrogens with one attached hydrogen (secondary N) is 2. The molecule has 1 amide bonds. The van der Waals surface area contributed by atoms with Crippen LogP contribution in [0.2, 0.25) is 0 Å². The quantitative estimate of drug-likeness (QED) is 0.143. The molecule has 0 aliphatic heterocycles. The summed E-state index contributed by atoms with van der Waals surface area (Å²) in [7, 11) is 1.60. The van der Waals surface area contributed by atoms with Crippen molar-refractivity contribution in [1.29, 1.82) is 0 Å². The highest BCUT2D eigenvalue weighted by Crippen LogP contribution is 1.93. The van der Waals surface area contributed by atoms with Gasteiger partial charge in [-0.05, 0) is 19.4 Å². The molecule has 82 valence electrons. The second kappa shape index (κ2) is 8.31. The minimum Gasteiger partial charge on any atom is -0.409 e. The molecule has 0 bridgehead atoms. The van der Waals surface area contributed by atoms with Crippen LogP contribution in [0, 0.1) is 0 Å². The van der Waals surface area contributed by atoms with Gasteiger partial charge in [-0.25, -0.2) is 0 Å². The van der Waals surface area contributed by atoms with E-state index in [1.165, 1.54) is 0 Å². The molecule has 0 heterocycles. The predicted octanol–water partition coefficient (Wildman–Crippen LogP) is -0.761. The van der Waals surface area contributed by atoms with Gasteiger partial charge in [0, 0.05) is 13.5 Å². The number of hydrogen-bond acceptors (Lipinski definition) is 4.